The van der Waals surface area contributed by atoms with E-state index < -0.39 is 0 Å². The van der Waals surface area contributed by atoms with E-state index >= 15 is 0 Å². The van der Waals surface area contributed by atoms with Crippen molar-refractivity contribution in [3.63, 3.8) is 0 Å². The van der Waals surface area contributed by atoms with Crippen LogP contribution in [0.25, 0.3) is 0 Å². The van der Waals surface area contributed by atoms with E-state index in [4.69, 9.17) is 4.74 Å². The molecule has 4 fully saturated rings. The second-order valence-electron chi connectivity index (χ2n) is 9.57. The van der Waals surface area contributed by atoms with Crippen molar-refractivity contribution in [2.45, 2.75) is 84.7 Å². The minimum absolute atomic E-state index is 0.123. The fourth-order valence-electron chi connectivity index (χ4n) is 6.98. The number of carbonyl (C=O) groups excluding carboxylic acids is 1. The Kier molecular flexibility index (Phi) is 3.08. The van der Waals surface area contributed by atoms with E-state index in [9.17, 15) is 4.79 Å². The number of fused-ring (bicyclic) bond motifs is 1. The van der Waals surface area contributed by atoms with Gasteiger partial charge in [-0.05, 0) is 76.0 Å². The molecule has 3 saturated carbocycles. The second-order valence-corrected chi connectivity index (χ2v) is 9.57. The van der Waals surface area contributed by atoms with Crippen LogP contribution in [0, 0.1) is 34.5 Å². The lowest BCUT2D eigenvalue weighted by Crippen LogP contribution is -2.62. The molecule has 0 aromatic carbocycles. The van der Waals surface area contributed by atoms with Gasteiger partial charge in [0.2, 0.25) is 0 Å². The van der Waals surface area contributed by atoms with Gasteiger partial charge in [-0.1, -0.05) is 20.8 Å². The predicted octanol–water partition coefficient (Wildman–Crippen LogP) is 4.96. The number of carbonyl (C=O) groups is 1. The summed E-state index contributed by atoms with van der Waals surface area (Å²) in [6.45, 7) is 9.43. The maximum absolute atomic E-state index is 12.7. The molecule has 0 aromatic rings. The molecule has 6 atom stereocenters. The molecule has 0 amide bonds. The topological polar surface area (TPSA) is 26.3 Å². The molecule has 1 aliphatic heterocycles. The summed E-state index contributed by atoms with van der Waals surface area (Å²) in [7, 11) is 0. The third-order valence-corrected chi connectivity index (χ3v) is 8.55. The van der Waals surface area contributed by atoms with Crippen LogP contribution in [-0.4, -0.2) is 11.6 Å². The van der Waals surface area contributed by atoms with Gasteiger partial charge in [0.15, 0.2) is 0 Å². The molecule has 22 heavy (non-hydrogen) atoms. The number of esters is 1. The van der Waals surface area contributed by atoms with Crippen molar-refractivity contribution >= 4 is 5.97 Å². The molecule has 124 valence electrons. The highest BCUT2D eigenvalue weighted by atomic mass is 16.6. The van der Waals surface area contributed by atoms with Crippen molar-refractivity contribution in [3.05, 3.63) is 0 Å². The summed E-state index contributed by atoms with van der Waals surface area (Å²) in [6.07, 6.45) is 9.83. The zero-order chi connectivity index (χ0) is 15.8. The van der Waals surface area contributed by atoms with E-state index in [1.54, 1.807) is 0 Å². The predicted molar refractivity (Wildman–Crippen MR) is 87.3 cm³/mol. The molecular weight excluding hydrogens is 272 g/mol. The molecule has 2 nitrogen and oxygen atoms in total. The summed E-state index contributed by atoms with van der Waals surface area (Å²) in [4.78, 5) is 12.7. The maximum Gasteiger partial charge on any atom is 0.312 e. The average Bonchev–Trinajstić information content (AvgIpc) is 2.59. The molecule has 3 aliphatic carbocycles. The first-order valence-electron chi connectivity index (χ1n) is 9.57. The first kappa shape index (κ1) is 15.0. The van der Waals surface area contributed by atoms with Crippen LogP contribution < -0.4 is 0 Å². The highest BCUT2D eigenvalue weighted by molar-refractivity contribution is 5.81. The quantitative estimate of drug-likeness (QED) is 0.640. The fourth-order valence-corrected chi connectivity index (χ4v) is 6.98. The molecule has 4 aliphatic rings. The van der Waals surface area contributed by atoms with Crippen LogP contribution >= 0.6 is 0 Å². The van der Waals surface area contributed by atoms with Crippen LogP contribution in [0.1, 0.15) is 79.1 Å². The molecule has 2 bridgehead atoms. The largest absolute Gasteiger partial charge is 0.458 e. The summed E-state index contributed by atoms with van der Waals surface area (Å²) in [5.74, 6) is 3.04. The lowest BCUT2D eigenvalue weighted by atomic mass is 9.43. The third kappa shape index (κ3) is 1.60. The number of hydrogen-bond acceptors (Lipinski definition) is 2. The van der Waals surface area contributed by atoms with Crippen LogP contribution in [-0.2, 0) is 9.53 Å². The minimum atomic E-state index is -0.179. The van der Waals surface area contributed by atoms with E-state index in [2.05, 4.69) is 27.7 Å². The lowest BCUT2D eigenvalue weighted by molar-refractivity contribution is -0.201. The molecule has 0 N–H and O–H groups in total. The Balaban J connectivity index is 1.72. The van der Waals surface area contributed by atoms with Gasteiger partial charge in [0.25, 0.3) is 0 Å². The Bertz CT molecular complexity index is 498. The second kappa shape index (κ2) is 4.51. The molecular formula is C20H32O2. The zero-order valence-electron chi connectivity index (χ0n) is 14.8. The highest BCUT2D eigenvalue weighted by Crippen LogP contribution is 2.70. The highest BCUT2D eigenvalue weighted by Gasteiger charge is 2.73. The molecule has 0 aromatic heterocycles. The van der Waals surface area contributed by atoms with Gasteiger partial charge in [-0.3, -0.25) is 4.79 Å². The summed E-state index contributed by atoms with van der Waals surface area (Å²) in [5.41, 5.74) is -0.0712. The monoisotopic (exact) mass is 304 g/mol. The normalized spacial score (nSPS) is 53.9. The van der Waals surface area contributed by atoms with Crippen molar-refractivity contribution in [1.82, 2.24) is 0 Å². The fraction of sp³-hybridized carbons (Fsp3) is 0.950. The minimum Gasteiger partial charge on any atom is -0.458 e. The van der Waals surface area contributed by atoms with Crippen molar-refractivity contribution in [2.24, 2.45) is 34.5 Å². The number of rotatable bonds is 1. The van der Waals surface area contributed by atoms with Crippen LogP contribution in [0.4, 0.5) is 0 Å². The van der Waals surface area contributed by atoms with Gasteiger partial charge in [0, 0.05) is 11.3 Å². The van der Waals surface area contributed by atoms with Crippen LogP contribution in [0.5, 0.6) is 0 Å². The Morgan fingerprint density at radius 2 is 1.86 bits per heavy atom. The summed E-state index contributed by atoms with van der Waals surface area (Å²) in [6, 6.07) is 0. The molecule has 1 saturated heterocycles. The molecule has 1 heterocycles. The van der Waals surface area contributed by atoms with E-state index in [0.717, 1.165) is 30.6 Å². The van der Waals surface area contributed by atoms with Gasteiger partial charge in [-0.25, -0.2) is 0 Å². The molecule has 0 radical (unpaired) electrons. The van der Waals surface area contributed by atoms with Crippen molar-refractivity contribution in [3.8, 4) is 0 Å². The number of hydrogen-bond donors (Lipinski definition) is 0. The molecule has 0 unspecified atom stereocenters. The van der Waals surface area contributed by atoms with Crippen LogP contribution in [0.2, 0.25) is 0 Å². The van der Waals surface area contributed by atoms with Crippen LogP contribution in [0.3, 0.4) is 0 Å². The summed E-state index contributed by atoms with van der Waals surface area (Å²) in [5, 5.41) is 0. The van der Waals surface area contributed by atoms with E-state index in [1.807, 2.05) is 0 Å². The Hall–Kier alpha value is -0.530. The smallest absolute Gasteiger partial charge is 0.312 e. The van der Waals surface area contributed by atoms with Crippen molar-refractivity contribution in [2.75, 3.05) is 0 Å². The van der Waals surface area contributed by atoms with Crippen molar-refractivity contribution in [1.29, 1.82) is 0 Å². The van der Waals surface area contributed by atoms with Crippen LogP contribution in [0.15, 0.2) is 0 Å². The van der Waals surface area contributed by atoms with Gasteiger partial charge >= 0.3 is 5.97 Å². The zero-order valence-corrected chi connectivity index (χ0v) is 14.8. The van der Waals surface area contributed by atoms with Gasteiger partial charge in [-0.2, -0.15) is 0 Å². The van der Waals surface area contributed by atoms with Gasteiger partial charge in [0.1, 0.15) is 5.60 Å². The van der Waals surface area contributed by atoms with E-state index in [0.29, 0.717) is 5.92 Å². The van der Waals surface area contributed by atoms with Gasteiger partial charge in [0.05, 0.1) is 5.41 Å². The Labute approximate surface area is 135 Å². The Morgan fingerprint density at radius 3 is 2.59 bits per heavy atom. The first-order valence-corrected chi connectivity index (χ1v) is 9.57. The van der Waals surface area contributed by atoms with E-state index in [-0.39, 0.29) is 22.4 Å². The van der Waals surface area contributed by atoms with Crippen molar-refractivity contribution < 1.29 is 9.53 Å². The standard InChI is InChI=1S/C20H32O2/c1-13(2)14-8-11-19(4)15(12-14)6-7-16-18(3)9-5-10-20(16,19)22-17(18)21/h13-16H,5-12H2,1-4H3/t14-,15+,16-,18-,19-,20-/m0/s1. The third-order valence-electron chi connectivity index (χ3n) is 8.55. The van der Waals surface area contributed by atoms with Gasteiger partial charge < -0.3 is 4.74 Å². The first-order chi connectivity index (χ1) is 10.3. The summed E-state index contributed by atoms with van der Waals surface area (Å²) >= 11 is 0. The molecule has 2 heteroatoms. The molecule has 4 rings (SSSR count). The van der Waals surface area contributed by atoms with E-state index in [1.165, 1.54) is 38.5 Å². The maximum atomic E-state index is 12.7. The van der Waals surface area contributed by atoms with Gasteiger partial charge in [-0.15, -0.1) is 0 Å². The lowest BCUT2D eigenvalue weighted by Gasteiger charge is -2.61. The number of ether oxygens (including phenoxy) is 1. The SMILES string of the molecule is CC(C)[C@H]1CC[C@@]2(C)[C@H](CC[C@@H]3[C@@]24CCC[C@]3(C)C(=O)O4)C1. The Morgan fingerprint density at radius 1 is 1.09 bits per heavy atom. The molecule has 0 spiro atoms. The summed E-state index contributed by atoms with van der Waals surface area (Å²) < 4.78 is 6.31. The average molecular weight is 304 g/mol.